The Bertz CT molecular complexity index is 656. The zero-order valence-electron chi connectivity index (χ0n) is 12.2. The molecule has 0 saturated heterocycles. The van der Waals surface area contributed by atoms with Gasteiger partial charge in [0.2, 0.25) is 0 Å². The van der Waals surface area contributed by atoms with Crippen LogP contribution in [0.3, 0.4) is 0 Å². The van der Waals surface area contributed by atoms with Gasteiger partial charge in [0.05, 0.1) is 25.0 Å². The van der Waals surface area contributed by atoms with Gasteiger partial charge in [0, 0.05) is 38.5 Å². The number of hydrogen-bond acceptors (Lipinski definition) is 6. The minimum absolute atomic E-state index is 0.181. The maximum Gasteiger partial charge on any atom is 0.269 e. The number of methoxy groups -OCH3 is 1. The average Bonchev–Trinajstić information content (AvgIpc) is 2.49. The monoisotopic (exact) mass is 289 g/mol. The van der Waals surface area contributed by atoms with Crippen LogP contribution < -0.4 is 16.2 Å². The Labute approximate surface area is 123 Å². The number of nitrogen functional groups attached to an aromatic ring is 1. The van der Waals surface area contributed by atoms with E-state index in [0.29, 0.717) is 25.5 Å². The normalized spacial score (nSPS) is 10.6. The molecule has 2 N–H and O–H groups in total. The molecule has 2 rings (SSSR count). The third kappa shape index (κ3) is 3.79. The molecule has 112 valence electrons. The van der Waals surface area contributed by atoms with Crippen LogP contribution in [-0.2, 0) is 11.3 Å². The van der Waals surface area contributed by atoms with Gasteiger partial charge in [-0.15, -0.1) is 0 Å². The van der Waals surface area contributed by atoms with E-state index in [0.717, 1.165) is 11.3 Å². The Balaban J connectivity index is 2.16. The van der Waals surface area contributed by atoms with Gasteiger partial charge in [-0.3, -0.25) is 4.79 Å². The fourth-order valence-corrected chi connectivity index (χ4v) is 1.85. The van der Waals surface area contributed by atoms with Crippen molar-refractivity contribution < 1.29 is 4.74 Å². The molecule has 0 atom stereocenters. The van der Waals surface area contributed by atoms with Gasteiger partial charge in [0.15, 0.2) is 0 Å². The first-order valence-corrected chi connectivity index (χ1v) is 6.58. The quantitative estimate of drug-likeness (QED) is 0.826. The Hall–Kier alpha value is -2.41. The molecule has 0 spiro atoms. The molecule has 0 amide bonds. The fraction of sp³-hybridized carbons (Fsp3) is 0.357. The topological polar surface area (TPSA) is 86.3 Å². The van der Waals surface area contributed by atoms with Gasteiger partial charge in [-0.2, -0.15) is 5.10 Å². The largest absolute Gasteiger partial charge is 0.383 e. The molecule has 0 saturated carbocycles. The van der Waals surface area contributed by atoms with E-state index < -0.39 is 0 Å². The van der Waals surface area contributed by atoms with Crippen LogP contribution >= 0.6 is 0 Å². The Morgan fingerprint density at radius 3 is 2.95 bits per heavy atom. The van der Waals surface area contributed by atoms with Gasteiger partial charge in [-0.1, -0.05) is 6.07 Å². The number of anilines is 2. The molecule has 21 heavy (non-hydrogen) atoms. The van der Waals surface area contributed by atoms with Crippen molar-refractivity contribution >= 4 is 11.5 Å². The Morgan fingerprint density at radius 2 is 2.29 bits per heavy atom. The smallest absolute Gasteiger partial charge is 0.269 e. The van der Waals surface area contributed by atoms with Gasteiger partial charge in [0.1, 0.15) is 5.82 Å². The van der Waals surface area contributed by atoms with Gasteiger partial charge in [-0.25, -0.2) is 9.67 Å². The molecule has 0 aromatic carbocycles. The van der Waals surface area contributed by atoms with Crippen LogP contribution in [0.15, 0.2) is 35.4 Å². The number of ether oxygens (including phenoxy) is 1. The van der Waals surface area contributed by atoms with Crippen molar-refractivity contribution in [3.8, 4) is 0 Å². The minimum atomic E-state index is -0.181. The van der Waals surface area contributed by atoms with Crippen molar-refractivity contribution in [3.05, 3.63) is 46.5 Å². The number of rotatable bonds is 6. The highest BCUT2D eigenvalue weighted by Crippen LogP contribution is 2.09. The summed E-state index contributed by atoms with van der Waals surface area (Å²) >= 11 is 0. The Kier molecular flexibility index (Phi) is 4.89. The molecule has 7 heteroatoms. The molecule has 7 nitrogen and oxygen atoms in total. The lowest BCUT2D eigenvalue weighted by molar-refractivity contribution is 0.206. The van der Waals surface area contributed by atoms with Crippen LogP contribution in [-0.4, -0.2) is 42.1 Å². The van der Waals surface area contributed by atoms with Crippen LogP contribution in [0.5, 0.6) is 0 Å². The summed E-state index contributed by atoms with van der Waals surface area (Å²) in [6.45, 7) is 1.59. The van der Waals surface area contributed by atoms with Crippen molar-refractivity contribution in [1.82, 2.24) is 14.8 Å². The van der Waals surface area contributed by atoms with Crippen LogP contribution in [0.2, 0.25) is 0 Å². The molecule has 2 aromatic heterocycles. The highest BCUT2D eigenvalue weighted by atomic mass is 16.5. The number of aromatic nitrogens is 3. The first-order chi connectivity index (χ1) is 10.1. The lowest BCUT2D eigenvalue weighted by atomic mass is 10.2. The molecular formula is C14H19N5O2. The van der Waals surface area contributed by atoms with Gasteiger partial charge >= 0.3 is 0 Å². The molecule has 0 aliphatic rings. The number of nitrogens with zero attached hydrogens (tertiary/aromatic N) is 4. The summed E-state index contributed by atoms with van der Waals surface area (Å²) in [6, 6.07) is 5.16. The van der Waals surface area contributed by atoms with Gasteiger partial charge < -0.3 is 15.4 Å². The maximum atomic E-state index is 12.1. The second-order valence-electron chi connectivity index (χ2n) is 4.67. The summed E-state index contributed by atoms with van der Waals surface area (Å²) in [5.41, 5.74) is 7.12. The summed E-state index contributed by atoms with van der Waals surface area (Å²) in [5.74, 6) is 0.410. The van der Waals surface area contributed by atoms with E-state index in [9.17, 15) is 4.79 Å². The second-order valence-corrected chi connectivity index (χ2v) is 4.67. The van der Waals surface area contributed by atoms with E-state index in [-0.39, 0.29) is 5.56 Å². The third-order valence-corrected chi connectivity index (χ3v) is 3.17. The third-order valence-electron chi connectivity index (χ3n) is 3.17. The lowest BCUT2D eigenvalue weighted by Crippen LogP contribution is -2.28. The Morgan fingerprint density at radius 1 is 1.48 bits per heavy atom. The van der Waals surface area contributed by atoms with Crippen LogP contribution in [0.4, 0.5) is 11.5 Å². The molecule has 0 bridgehead atoms. The summed E-state index contributed by atoms with van der Waals surface area (Å²) in [4.78, 5) is 18.0. The highest BCUT2D eigenvalue weighted by Gasteiger charge is 2.07. The van der Waals surface area contributed by atoms with Gasteiger partial charge in [0.25, 0.3) is 5.56 Å². The van der Waals surface area contributed by atoms with Crippen molar-refractivity contribution in [2.24, 2.45) is 0 Å². The molecule has 0 aliphatic carbocycles. The number of likely N-dealkylation sites (N-methyl/N-ethyl adjacent to an activating group) is 1. The van der Waals surface area contributed by atoms with Gasteiger partial charge in [-0.05, 0) is 6.07 Å². The molecule has 0 aliphatic heterocycles. The number of nitrogens with two attached hydrogens (primary N) is 1. The van der Waals surface area contributed by atoms with E-state index in [1.165, 1.54) is 4.68 Å². The summed E-state index contributed by atoms with van der Waals surface area (Å²) in [7, 11) is 3.53. The lowest BCUT2D eigenvalue weighted by Gasteiger charge is -2.18. The first-order valence-electron chi connectivity index (χ1n) is 6.58. The van der Waals surface area contributed by atoms with Crippen LogP contribution in [0, 0.1) is 0 Å². The standard InChI is InChI=1S/C14H19N5O2/c1-18(6-7-21-2)12-8-13(20)19(17-9-12)10-11-4-3-5-16-14(11)15/h3-5,8-9H,6-7,10H2,1-2H3,(H2,15,16). The van der Waals surface area contributed by atoms with Crippen molar-refractivity contribution in [3.63, 3.8) is 0 Å². The fourth-order valence-electron chi connectivity index (χ4n) is 1.85. The average molecular weight is 289 g/mol. The summed E-state index contributed by atoms with van der Waals surface area (Å²) < 4.78 is 6.38. The highest BCUT2D eigenvalue weighted by molar-refractivity contribution is 5.42. The van der Waals surface area contributed by atoms with E-state index >= 15 is 0 Å². The van der Waals surface area contributed by atoms with E-state index in [2.05, 4.69) is 10.1 Å². The molecule has 0 radical (unpaired) electrons. The predicted molar refractivity (Wildman–Crippen MR) is 81.4 cm³/mol. The minimum Gasteiger partial charge on any atom is -0.383 e. The van der Waals surface area contributed by atoms with Crippen molar-refractivity contribution in [2.45, 2.75) is 6.54 Å². The SMILES string of the molecule is COCCN(C)c1cnn(Cc2cccnc2N)c(=O)c1. The molecular weight excluding hydrogens is 270 g/mol. The number of pyridine rings is 1. The van der Waals surface area contributed by atoms with Crippen LogP contribution in [0.25, 0.3) is 0 Å². The van der Waals surface area contributed by atoms with E-state index in [4.69, 9.17) is 10.5 Å². The summed E-state index contributed by atoms with van der Waals surface area (Å²) in [5, 5.41) is 4.18. The maximum absolute atomic E-state index is 12.1. The van der Waals surface area contributed by atoms with Crippen LogP contribution in [0.1, 0.15) is 5.56 Å². The van der Waals surface area contributed by atoms with E-state index in [1.807, 2.05) is 18.0 Å². The van der Waals surface area contributed by atoms with Crippen molar-refractivity contribution in [2.75, 3.05) is 37.9 Å². The first kappa shape index (κ1) is 15.0. The zero-order valence-corrected chi connectivity index (χ0v) is 12.2. The zero-order chi connectivity index (χ0) is 15.2. The second kappa shape index (κ2) is 6.85. The molecule has 0 fully saturated rings. The van der Waals surface area contributed by atoms with E-state index in [1.54, 1.807) is 31.6 Å². The molecule has 0 unspecified atom stereocenters. The predicted octanol–water partition coefficient (Wildman–Crippen LogP) is 0.351. The number of hydrogen-bond donors (Lipinski definition) is 1. The molecule has 2 heterocycles. The molecule has 2 aromatic rings. The van der Waals surface area contributed by atoms with Crippen molar-refractivity contribution in [1.29, 1.82) is 0 Å². The summed E-state index contributed by atoms with van der Waals surface area (Å²) in [6.07, 6.45) is 3.27.